The SMILES string of the molecule is COc1ccc(-c2ccc3c(c2)CNC3O)c(O)c1OC. The second-order valence-electron chi connectivity index (χ2n) is 4.89. The van der Waals surface area contributed by atoms with E-state index >= 15 is 0 Å². The normalized spacial score (nSPS) is 16.6. The van der Waals surface area contributed by atoms with Crippen molar-refractivity contribution in [3.05, 3.63) is 41.5 Å². The minimum Gasteiger partial charge on any atom is -0.504 e. The third kappa shape index (κ3) is 2.20. The number of phenolic OH excluding ortho intramolecular Hbond substituents is 1. The smallest absolute Gasteiger partial charge is 0.203 e. The molecule has 0 saturated heterocycles. The summed E-state index contributed by atoms with van der Waals surface area (Å²) >= 11 is 0. The maximum absolute atomic E-state index is 10.4. The van der Waals surface area contributed by atoms with Crippen molar-refractivity contribution in [3.8, 4) is 28.4 Å². The van der Waals surface area contributed by atoms with Crippen LogP contribution in [-0.2, 0) is 6.54 Å². The molecule has 0 bridgehead atoms. The standard InChI is InChI=1S/C16H17NO4/c1-20-13-6-5-11(14(18)15(13)21-2)9-3-4-12-10(7-9)8-17-16(12)19/h3-7,16-19H,8H2,1-2H3. The summed E-state index contributed by atoms with van der Waals surface area (Å²) < 4.78 is 10.4. The van der Waals surface area contributed by atoms with E-state index in [1.807, 2.05) is 18.2 Å². The van der Waals surface area contributed by atoms with Crippen molar-refractivity contribution < 1.29 is 19.7 Å². The summed E-state index contributed by atoms with van der Waals surface area (Å²) in [6, 6.07) is 9.24. The summed E-state index contributed by atoms with van der Waals surface area (Å²) in [4.78, 5) is 0. The molecule has 0 fully saturated rings. The highest BCUT2D eigenvalue weighted by Crippen LogP contribution is 2.44. The highest BCUT2D eigenvalue weighted by atomic mass is 16.5. The molecule has 3 rings (SSSR count). The van der Waals surface area contributed by atoms with Crippen LogP contribution in [0.5, 0.6) is 17.2 Å². The maximum Gasteiger partial charge on any atom is 0.203 e. The Hall–Kier alpha value is -2.24. The lowest BCUT2D eigenvalue weighted by atomic mass is 9.99. The van der Waals surface area contributed by atoms with Crippen LogP contribution in [0.3, 0.4) is 0 Å². The molecule has 1 aliphatic heterocycles. The zero-order valence-corrected chi connectivity index (χ0v) is 11.9. The van der Waals surface area contributed by atoms with Crippen LogP contribution < -0.4 is 14.8 Å². The number of aliphatic hydroxyl groups is 1. The average Bonchev–Trinajstić information content (AvgIpc) is 2.87. The highest BCUT2D eigenvalue weighted by molar-refractivity contribution is 5.76. The van der Waals surface area contributed by atoms with E-state index in [1.165, 1.54) is 14.2 Å². The zero-order chi connectivity index (χ0) is 15.0. The molecule has 0 radical (unpaired) electrons. The molecule has 3 N–H and O–H groups in total. The first-order valence-electron chi connectivity index (χ1n) is 6.64. The summed E-state index contributed by atoms with van der Waals surface area (Å²) in [5, 5.41) is 23.1. The summed E-state index contributed by atoms with van der Waals surface area (Å²) in [5.74, 6) is 0.842. The van der Waals surface area contributed by atoms with Crippen molar-refractivity contribution in [2.75, 3.05) is 14.2 Å². The molecule has 0 aromatic heterocycles. The van der Waals surface area contributed by atoms with Gasteiger partial charge >= 0.3 is 0 Å². The number of ether oxygens (including phenoxy) is 2. The first kappa shape index (κ1) is 13.7. The van der Waals surface area contributed by atoms with Gasteiger partial charge in [0.05, 0.1) is 14.2 Å². The van der Waals surface area contributed by atoms with Gasteiger partial charge in [0, 0.05) is 12.1 Å². The largest absolute Gasteiger partial charge is 0.504 e. The van der Waals surface area contributed by atoms with Crippen molar-refractivity contribution in [2.24, 2.45) is 0 Å². The molecule has 2 aromatic carbocycles. The maximum atomic E-state index is 10.4. The fourth-order valence-corrected chi connectivity index (χ4v) is 2.65. The molecule has 1 aliphatic rings. The number of phenols is 1. The highest BCUT2D eigenvalue weighted by Gasteiger charge is 2.21. The van der Waals surface area contributed by atoms with Gasteiger partial charge in [-0.3, -0.25) is 5.32 Å². The molecule has 1 atom stereocenters. The van der Waals surface area contributed by atoms with Crippen LogP contribution >= 0.6 is 0 Å². The molecular weight excluding hydrogens is 270 g/mol. The molecule has 2 aromatic rings. The Labute approximate surface area is 122 Å². The first-order valence-corrected chi connectivity index (χ1v) is 6.64. The second kappa shape index (κ2) is 5.27. The number of benzene rings is 2. The van der Waals surface area contributed by atoms with Crippen LogP contribution in [0.15, 0.2) is 30.3 Å². The van der Waals surface area contributed by atoms with Gasteiger partial charge in [-0.25, -0.2) is 0 Å². The molecule has 0 aliphatic carbocycles. The van der Waals surface area contributed by atoms with Gasteiger partial charge in [-0.05, 0) is 34.9 Å². The number of aliphatic hydroxyl groups excluding tert-OH is 1. The Kier molecular flexibility index (Phi) is 3.45. The lowest BCUT2D eigenvalue weighted by Crippen LogP contribution is -2.09. The second-order valence-corrected chi connectivity index (χ2v) is 4.89. The van der Waals surface area contributed by atoms with E-state index < -0.39 is 6.23 Å². The summed E-state index contributed by atoms with van der Waals surface area (Å²) in [5.41, 5.74) is 3.42. The van der Waals surface area contributed by atoms with Gasteiger partial charge in [0.15, 0.2) is 11.5 Å². The fourth-order valence-electron chi connectivity index (χ4n) is 2.65. The summed E-state index contributed by atoms with van der Waals surface area (Å²) in [6.07, 6.45) is -0.618. The van der Waals surface area contributed by atoms with Gasteiger partial charge in [0.2, 0.25) is 5.75 Å². The van der Waals surface area contributed by atoms with Gasteiger partial charge < -0.3 is 19.7 Å². The fraction of sp³-hybridized carbons (Fsp3) is 0.250. The van der Waals surface area contributed by atoms with E-state index in [0.29, 0.717) is 23.6 Å². The van der Waals surface area contributed by atoms with Crippen LogP contribution in [0, 0.1) is 0 Å². The summed E-state index contributed by atoms with van der Waals surface area (Å²) in [7, 11) is 3.02. The molecule has 110 valence electrons. The van der Waals surface area contributed by atoms with E-state index in [1.54, 1.807) is 12.1 Å². The number of fused-ring (bicyclic) bond motifs is 1. The van der Waals surface area contributed by atoms with Crippen LogP contribution in [-0.4, -0.2) is 24.4 Å². The zero-order valence-electron chi connectivity index (χ0n) is 11.9. The number of hydrogen-bond acceptors (Lipinski definition) is 5. The predicted molar refractivity (Wildman–Crippen MR) is 78.4 cm³/mol. The Morgan fingerprint density at radius 1 is 1.14 bits per heavy atom. The van der Waals surface area contributed by atoms with E-state index in [-0.39, 0.29) is 5.75 Å². The van der Waals surface area contributed by atoms with Gasteiger partial charge in [-0.2, -0.15) is 0 Å². The number of rotatable bonds is 3. The van der Waals surface area contributed by atoms with Crippen molar-refractivity contribution >= 4 is 0 Å². The molecule has 0 spiro atoms. The molecular formula is C16H17NO4. The molecule has 1 heterocycles. The third-order valence-electron chi connectivity index (χ3n) is 3.75. The number of aromatic hydroxyl groups is 1. The third-order valence-corrected chi connectivity index (χ3v) is 3.75. The minimum atomic E-state index is -0.618. The van der Waals surface area contributed by atoms with E-state index in [2.05, 4.69) is 5.32 Å². The molecule has 5 heteroatoms. The lowest BCUT2D eigenvalue weighted by Gasteiger charge is -2.13. The van der Waals surface area contributed by atoms with E-state index in [0.717, 1.165) is 16.7 Å². The lowest BCUT2D eigenvalue weighted by molar-refractivity contribution is 0.151. The molecule has 5 nitrogen and oxygen atoms in total. The van der Waals surface area contributed by atoms with Crippen molar-refractivity contribution in [1.29, 1.82) is 0 Å². The number of nitrogens with one attached hydrogen (secondary N) is 1. The van der Waals surface area contributed by atoms with Crippen molar-refractivity contribution in [2.45, 2.75) is 12.8 Å². The van der Waals surface area contributed by atoms with Crippen molar-refractivity contribution in [1.82, 2.24) is 5.32 Å². The van der Waals surface area contributed by atoms with Crippen LogP contribution in [0.1, 0.15) is 17.4 Å². The Morgan fingerprint density at radius 2 is 1.95 bits per heavy atom. The Balaban J connectivity index is 2.09. The quantitative estimate of drug-likeness (QED) is 0.807. The van der Waals surface area contributed by atoms with Crippen LogP contribution in [0.25, 0.3) is 11.1 Å². The predicted octanol–water partition coefficient (Wildman–Crippen LogP) is 2.17. The van der Waals surface area contributed by atoms with Gasteiger partial charge in [-0.15, -0.1) is 0 Å². The monoisotopic (exact) mass is 287 g/mol. The van der Waals surface area contributed by atoms with Crippen molar-refractivity contribution in [3.63, 3.8) is 0 Å². The minimum absolute atomic E-state index is 0.0447. The topological polar surface area (TPSA) is 71.0 Å². The van der Waals surface area contributed by atoms with Gasteiger partial charge in [-0.1, -0.05) is 12.1 Å². The van der Waals surface area contributed by atoms with Gasteiger partial charge in [0.25, 0.3) is 0 Å². The Morgan fingerprint density at radius 3 is 2.67 bits per heavy atom. The molecule has 1 unspecified atom stereocenters. The van der Waals surface area contributed by atoms with Crippen LogP contribution in [0.2, 0.25) is 0 Å². The molecule has 0 saturated carbocycles. The Bertz CT molecular complexity index is 684. The number of methoxy groups -OCH3 is 2. The average molecular weight is 287 g/mol. The van der Waals surface area contributed by atoms with Gasteiger partial charge in [0.1, 0.15) is 6.23 Å². The van der Waals surface area contributed by atoms with E-state index in [4.69, 9.17) is 9.47 Å². The number of hydrogen-bond donors (Lipinski definition) is 3. The molecule has 21 heavy (non-hydrogen) atoms. The van der Waals surface area contributed by atoms with E-state index in [9.17, 15) is 10.2 Å². The first-order chi connectivity index (χ1) is 10.2. The van der Waals surface area contributed by atoms with Crippen LogP contribution in [0.4, 0.5) is 0 Å². The summed E-state index contributed by atoms with van der Waals surface area (Å²) in [6.45, 7) is 0.610. The molecule has 0 amide bonds.